The van der Waals surface area contributed by atoms with E-state index < -0.39 is 12.8 Å². The average Bonchev–Trinajstić information content (AvgIpc) is 3.24. The first kappa shape index (κ1) is 27.8. The Hall–Kier alpha value is -3.24. The van der Waals surface area contributed by atoms with Crippen molar-refractivity contribution in [3.63, 3.8) is 0 Å². The molecule has 10 nitrogen and oxygen atoms in total. The van der Waals surface area contributed by atoms with Crippen molar-refractivity contribution in [3.8, 4) is 17.1 Å². The normalized spacial score (nSPS) is 19.6. The maximum atomic E-state index is 14.0. The Kier molecular flexibility index (Phi) is 9.52. The van der Waals surface area contributed by atoms with Gasteiger partial charge in [-0.3, -0.25) is 4.79 Å². The molecule has 2 aromatic rings. The Morgan fingerprint density at radius 1 is 1.18 bits per heavy atom. The van der Waals surface area contributed by atoms with Gasteiger partial charge in [0.25, 0.3) is 0 Å². The van der Waals surface area contributed by atoms with Crippen LogP contribution in [0.3, 0.4) is 0 Å². The van der Waals surface area contributed by atoms with Crippen molar-refractivity contribution >= 4 is 12.1 Å². The Bertz CT molecular complexity index is 1100. The van der Waals surface area contributed by atoms with Gasteiger partial charge in [-0.2, -0.15) is 0 Å². The molecule has 2 heterocycles. The molecule has 0 bridgehead atoms. The van der Waals surface area contributed by atoms with E-state index in [-0.39, 0.29) is 36.4 Å². The topological polar surface area (TPSA) is 117 Å². The predicted molar refractivity (Wildman–Crippen MR) is 137 cm³/mol. The van der Waals surface area contributed by atoms with Crippen LogP contribution >= 0.6 is 0 Å². The zero-order valence-electron chi connectivity index (χ0n) is 22.5. The molecule has 1 amide bonds. The Morgan fingerprint density at radius 3 is 2.68 bits per heavy atom. The van der Waals surface area contributed by atoms with Crippen LogP contribution in [-0.2, 0) is 34.6 Å². The van der Waals surface area contributed by atoms with Gasteiger partial charge in [0.2, 0.25) is 0 Å². The van der Waals surface area contributed by atoms with Gasteiger partial charge >= 0.3 is 12.1 Å². The number of aromatic nitrogens is 4. The van der Waals surface area contributed by atoms with E-state index in [1.54, 1.807) is 19.2 Å². The molecule has 2 aliphatic rings. The van der Waals surface area contributed by atoms with E-state index in [0.717, 1.165) is 25.7 Å². The number of hydrogen-bond donors (Lipinski definition) is 1. The van der Waals surface area contributed by atoms with Crippen molar-refractivity contribution in [2.24, 2.45) is 18.9 Å². The second kappa shape index (κ2) is 13.0. The Morgan fingerprint density at radius 2 is 1.97 bits per heavy atom. The molecule has 2 aliphatic carbocycles. The molecule has 0 unspecified atom stereocenters. The van der Waals surface area contributed by atoms with Crippen molar-refractivity contribution in [1.82, 2.24) is 25.3 Å². The number of carbonyl (C=O) groups is 2. The van der Waals surface area contributed by atoms with E-state index in [0.29, 0.717) is 41.7 Å². The highest BCUT2D eigenvalue weighted by Gasteiger charge is 2.30. The first-order valence-corrected chi connectivity index (χ1v) is 13.6. The van der Waals surface area contributed by atoms with Crippen molar-refractivity contribution < 1.29 is 28.2 Å². The second-order valence-corrected chi connectivity index (χ2v) is 10.5. The molecule has 2 aromatic heterocycles. The zero-order valence-corrected chi connectivity index (χ0v) is 22.5. The number of nitrogens with zero attached hydrogens (tertiary/aromatic N) is 4. The molecule has 0 radical (unpaired) electrons. The van der Waals surface area contributed by atoms with Crippen LogP contribution in [0.25, 0.3) is 11.4 Å². The quantitative estimate of drug-likeness (QED) is 0.416. The van der Waals surface area contributed by atoms with Gasteiger partial charge < -0.3 is 19.5 Å². The third-order valence-corrected chi connectivity index (χ3v) is 7.24. The lowest BCUT2D eigenvalue weighted by atomic mass is 9.83. The number of esters is 1. The van der Waals surface area contributed by atoms with Crippen molar-refractivity contribution in [3.05, 3.63) is 23.5 Å². The molecular formula is C27H38FN5O5. The van der Waals surface area contributed by atoms with Crippen molar-refractivity contribution in [2.75, 3.05) is 6.54 Å². The summed E-state index contributed by atoms with van der Waals surface area (Å²) in [7, 11) is 1.70. The summed E-state index contributed by atoms with van der Waals surface area (Å²) in [6.07, 6.45) is 6.68. The van der Waals surface area contributed by atoms with Crippen LogP contribution in [0.1, 0.15) is 76.6 Å². The van der Waals surface area contributed by atoms with Gasteiger partial charge in [0.05, 0.1) is 23.8 Å². The van der Waals surface area contributed by atoms with Gasteiger partial charge in [-0.25, -0.2) is 18.9 Å². The lowest BCUT2D eigenvalue weighted by molar-refractivity contribution is -0.154. The largest absolute Gasteiger partial charge is 0.488 e. The van der Waals surface area contributed by atoms with E-state index in [9.17, 15) is 14.0 Å². The zero-order chi connectivity index (χ0) is 27.1. The first-order chi connectivity index (χ1) is 18.3. The SMILES string of the molecule is CC(C)OC(=O)[C@H]1CCC[C@H](Oc2ccc(-c3nnn(C)c3COC(=O)NCCC3CCC3)nc2CF)C1. The van der Waals surface area contributed by atoms with E-state index >= 15 is 0 Å². The minimum Gasteiger partial charge on any atom is -0.488 e. The monoisotopic (exact) mass is 531 g/mol. The Labute approximate surface area is 222 Å². The molecule has 0 aromatic carbocycles. The summed E-state index contributed by atoms with van der Waals surface area (Å²) in [6, 6.07) is 3.35. The summed E-state index contributed by atoms with van der Waals surface area (Å²) in [5, 5.41) is 11.0. The summed E-state index contributed by atoms with van der Waals surface area (Å²) in [5.41, 5.74) is 1.50. The maximum absolute atomic E-state index is 14.0. The van der Waals surface area contributed by atoms with Gasteiger partial charge in [0, 0.05) is 13.6 Å². The van der Waals surface area contributed by atoms with Crippen LogP contribution < -0.4 is 10.1 Å². The minimum absolute atomic E-state index is 0.0467. The number of ether oxygens (including phenoxy) is 3. The molecule has 2 atom stereocenters. The number of amides is 1. The molecule has 208 valence electrons. The molecule has 0 saturated heterocycles. The number of nitrogens with one attached hydrogen (secondary N) is 1. The van der Waals surface area contributed by atoms with Gasteiger partial charge in [-0.15, -0.1) is 5.10 Å². The molecule has 0 spiro atoms. The highest BCUT2D eigenvalue weighted by molar-refractivity contribution is 5.72. The molecule has 2 saturated carbocycles. The van der Waals surface area contributed by atoms with E-state index in [1.165, 1.54) is 23.9 Å². The number of aryl methyl sites for hydroxylation is 1. The lowest BCUT2D eigenvalue weighted by Gasteiger charge is -2.29. The standard InChI is InChI=1S/C27H38FN5O5/c1-17(2)37-26(34)19-8-5-9-20(14-19)38-24-11-10-21(30-22(24)15-28)25-23(33(3)32-31-25)16-36-27(35)29-13-12-18-6-4-7-18/h10-11,17-20H,4-9,12-16H2,1-3H3,(H,29,35)/t19-,20-/m0/s1. The summed E-state index contributed by atoms with van der Waals surface area (Å²) in [5.74, 6) is 0.602. The van der Waals surface area contributed by atoms with Gasteiger partial charge in [-0.1, -0.05) is 24.5 Å². The van der Waals surface area contributed by atoms with Crippen LogP contribution in [-0.4, -0.2) is 50.8 Å². The third-order valence-electron chi connectivity index (χ3n) is 7.24. The summed E-state index contributed by atoms with van der Waals surface area (Å²) >= 11 is 0. The molecule has 1 N–H and O–H groups in total. The summed E-state index contributed by atoms with van der Waals surface area (Å²) < 4.78 is 32.4. The van der Waals surface area contributed by atoms with Crippen molar-refractivity contribution in [2.45, 2.75) is 90.7 Å². The van der Waals surface area contributed by atoms with Crippen LogP contribution in [0.5, 0.6) is 5.75 Å². The number of alkyl halides is 1. The minimum atomic E-state index is -0.829. The van der Waals surface area contributed by atoms with E-state index in [1.807, 2.05) is 13.8 Å². The molecule has 4 rings (SSSR count). The highest BCUT2D eigenvalue weighted by Crippen LogP contribution is 2.32. The molecular weight excluding hydrogens is 493 g/mol. The highest BCUT2D eigenvalue weighted by atomic mass is 19.1. The summed E-state index contributed by atoms with van der Waals surface area (Å²) in [6.45, 7) is 3.37. The lowest BCUT2D eigenvalue weighted by Crippen LogP contribution is -2.32. The van der Waals surface area contributed by atoms with Crippen LogP contribution in [0.2, 0.25) is 0 Å². The smallest absolute Gasteiger partial charge is 0.407 e. The van der Waals surface area contributed by atoms with Crippen LogP contribution in [0.4, 0.5) is 9.18 Å². The van der Waals surface area contributed by atoms with Gasteiger partial charge in [0.15, 0.2) is 0 Å². The van der Waals surface area contributed by atoms with Crippen molar-refractivity contribution in [1.29, 1.82) is 0 Å². The predicted octanol–water partition coefficient (Wildman–Crippen LogP) is 4.65. The molecule has 11 heteroatoms. The van der Waals surface area contributed by atoms with Crippen LogP contribution in [0, 0.1) is 11.8 Å². The number of pyridine rings is 1. The molecule has 2 fully saturated rings. The van der Waals surface area contributed by atoms with Gasteiger partial charge in [-0.05, 0) is 64.0 Å². The Balaban J connectivity index is 1.38. The third kappa shape index (κ3) is 7.20. The number of rotatable bonds is 11. The maximum Gasteiger partial charge on any atom is 0.407 e. The first-order valence-electron chi connectivity index (χ1n) is 13.6. The number of carbonyl (C=O) groups excluding carboxylic acids is 2. The fraction of sp³-hybridized carbons (Fsp3) is 0.667. The average molecular weight is 532 g/mol. The number of hydrogen-bond acceptors (Lipinski definition) is 8. The molecule has 0 aliphatic heterocycles. The van der Waals surface area contributed by atoms with Gasteiger partial charge in [0.1, 0.15) is 36.1 Å². The van der Waals surface area contributed by atoms with E-state index in [2.05, 4.69) is 20.6 Å². The number of alkyl carbamates (subject to hydrolysis) is 1. The molecule has 38 heavy (non-hydrogen) atoms. The summed E-state index contributed by atoms with van der Waals surface area (Å²) in [4.78, 5) is 28.9. The van der Waals surface area contributed by atoms with E-state index in [4.69, 9.17) is 14.2 Å². The number of halogens is 1. The second-order valence-electron chi connectivity index (χ2n) is 10.5. The fourth-order valence-electron chi connectivity index (χ4n) is 4.88. The fourth-order valence-corrected chi connectivity index (χ4v) is 4.88. The van der Waals surface area contributed by atoms with Crippen LogP contribution in [0.15, 0.2) is 12.1 Å².